The third-order valence-electron chi connectivity index (χ3n) is 3.04. The highest BCUT2D eigenvalue weighted by molar-refractivity contribution is 9.10. The van der Waals surface area contributed by atoms with E-state index >= 15 is 0 Å². The smallest absolute Gasteiger partial charge is 0.0280 e. The Bertz CT molecular complexity index is 111. The summed E-state index contributed by atoms with van der Waals surface area (Å²) in [6, 6.07) is 0. The van der Waals surface area contributed by atoms with Crippen molar-refractivity contribution in [1.82, 2.24) is 6.15 Å². The monoisotopic (exact) mass is 251 g/mol. The van der Waals surface area contributed by atoms with E-state index in [1.54, 1.807) is 0 Å². The zero-order valence-electron chi connectivity index (χ0n) is 9.70. The van der Waals surface area contributed by atoms with Crippen LogP contribution in [0, 0.1) is 5.92 Å². The van der Waals surface area contributed by atoms with E-state index in [1.165, 1.54) is 32.1 Å². The summed E-state index contributed by atoms with van der Waals surface area (Å²) in [7, 11) is 0. The Hall–Kier alpha value is 0.440. The molecule has 13 heavy (non-hydrogen) atoms. The van der Waals surface area contributed by atoms with Crippen LogP contribution >= 0.6 is 15.9 Å². The van der Waals surface area contributed by atoms with E-state index in [0.29, 0.717) is 4.32 Å². The summed E-state index contributed by atoms with van der Waals surface area (Å²) in [4.78, 5) is 0. The van der Waals surface area contributed by atoms with Gasteiger partial charge in [0.25, 0.3) is 0 Å². The predicted octanol–water partition coefficient (Wildman–Crippen LogP) is 4.93. The fraction of sp³-hybridized carbons (Fsp3) is 1.00. The second-order valence-corrected chi connectivity index (χ2v) is 5.21. The van der Waals surface area contributed by atoms with Crippen molar-refractivity contribution in [1.29, 1.82) is 0 Å². The Morgan fingerprint density at radius 1 is 1.08 bits per heavy atom. The van der Waals surface area contributed by atoms with E-state index < -0.39 is 0 Å². The van der Waals surface area contributed by atoms with Crippen molar-refractivity contribution < 1.29 is 0 Å². The summed E-state index contributed by atoms with van der Waals surface area (Å²) in [6.45, 7) is 9.16. The molecule has 1 atom stereocenters. The molecule has 0 amide bonds. The number of halogens is 1. The summed E-state index contributed by atoms with van der Waals surface area (Å²) in [5, 5.41) is 0. The molecule has 1 unspecified atom stereocenters. The van der Waals surface area contributed by atoms with E-state index in [1.807, 2.05) is 0 Å². The molecule has 0 spiro atoms. The average molecular weight is 252 g/mol. The molecule has 82 valence electrons. The van der Waals surface area contributed by atoms with Crippen molar-refractivity contribution >= 4 is 15.9 Å². The molecule has 0 aromatic carbocycles. The lowest BCUT2D eigenvalue weighted by Gasteiger charge is -2.33. The van der Waals surface area contributed by atoms with Crippen LogP contribution in [-0.4, -0.2) is 4.32 Å². The lowest BCUT2D eigenvalue weighted by molar-refractivity contribution is 0.330. The van der Waals surface area contributed by atoms with Gasteiger partial charge in [0.2, 0.25) is 0 Å². The topological polar surface area (TPSA) is 35.0 Å². The average Bonchev–Trinajstić information content (AvgIpc) is 2.13. The molecule has 0 radical (unpaired) electrons. The van der Waals surface area contributed by atoms with Crippen molar-refractivity contribution in [3.8, 4) is 0 Å². The molecule has 0 aromatic rings. The fourth-order valence-electron chi connectivity index (χ4n) is 2.00. The Labute approximate surface area is 92.4 Å². The van der Waals surface area contributed by atoms with E-state index in [0.717, 1.165) is 5.92 Å². The molecule has 0 saturated heterocycles. The van der Waals surface area contributed by atoms with Crippen LogP contribution in [0.1, 0.15) is 59.8 Å². The molecule has 0 aromatic heterocycles. The minimum Gasteiger partial charge on any atom is -0.344 e. The van der Waals surface area contributed by atoms with Crippen LogP contribution < -0.4 is 6.15 Å². The van der Waals surface area contributed by atoms with Crippen LogP contribution in [0.25, 0.3) is 0 Å². The second kappa shape index (κ2) is 7.81. The summed E-state index contributed by atoms with van der Waals surface area (Å²) < 4.78 is 0.414. The Morgan fingerprint density at radius 3 is 1.77 bits per heavy atom. The van der Waals surface area contributed by atoms with Gasteiger partial charge in [-0.15, -0.1) is 0 Å². The molecular formula is C11H26BrN. The maximum absolute atomic E-state index is 3.91. The number of hydrogen-bond acceptors (Lipinski definition) is 1. The molecule has 3 N–H and O–H groups in total. The zero-order valence-corrected chi connectivity index (χ0v) is 11.3. The van der Waals surface area contributed by atoms with Crippen molar-refractivity contribution in [3.63, 3.8) is 0 Å². The summed E-state index contributed by atoms with van der Waals surface area (Å²) in [6.07, 6.45) is 6.49. The van der Waals surface area contributed by atoms with Crippen LogP contribution in [0.5, 0.6) is 0 Å². The van der Waals surface area contributed by atoms with Gasteiger partial charge in [-0.25, -0.2) is 0 Å². The Balaban J connectivity index is 0. The van der Waals surface area contributed by atoms with Crippen molar-refractivity contribution in [3.05, 3.63) is 0 Å². The van der Waals surface area contributed by atoms with Crippen LogP contribution in [0.4, 0.5) is 0 Å². The van der Waals surface area contributed by atoms with Gasteiger partial charge >= 0.3 is 0 Å². The van der Waals surface area contributed by atoms with E-state index in [2.05, 4.69) is 43.6 Å². The SMILES string of the molecule is CCCC(CC)C(Br)(CC)CC.N. The van der Waals surface area contributed by atoms with Gasteiger partial charge in [0.05, 0.1) is 0 Å². The highest BCUT2D eigenvalue weighted by Gasteiger charge is 2.30. The minimum absolute atomic E-state index is 0. The molecular weight excluding hydrogens is 226 g/mol. The van der Waals surface area contributed by atoms with Gasteiger partial charge in [-0.3, -0.25) is 0 Å². The lowest BCUT2D eigenvalue weighted by atomic mass is 9.83. The van der Waals surface area contributed by atoms with Crippen molar-refractivity contribution in [2.24, 2.45) is 5.92 Å². The molecule has 0 aliphatic carbocycles. The highest BCUT2D eigenvalue weighted by atomic mass is 79.9. The van der Waals surface area contributed by atoms with Crippen LogP contribution in [-0.2, 0) is 0 Å². The van der Waals surface area contributed by atoms with E-state index in [4.69, 9.17) is 0 Å². The Morgan fingerprint density at radius 2 is 1.54 bits per heavy atom. The maximum atomic E-state index is 3.91. The van der Waals surface area contributed by atoms with Crippen LogP contribution in [0.15, 0.2) is 0 Å². The summed E-state index contributed by atoms with van der Waals surface area (Å²) in [5.74, 6) is 0.859. The van der Waals surface area contributed by atoms with E-state index in [-0.39, 0.29) is 6.15 Å². The summed E-state index contributed by atoms with van der Waals surface area (Å²) in [5.41, 5.74) is 0. The Kier molecular flexibility index (Phi) is 9.55. The lowest BCUT2D eigenvalue weighted by Crippen LogP contribution is -2.29. The molecule has 0 rings (SSSR count). The summed E-state index contributed by atoms with van der Waals surface area (Å²) >= 11 is 3.91. The molecule has 1 nitrogen and oxygen atoms in total. The zero-order chi connectivity index (χ0) is 9.61. The van der Waals surface area contributed by atoms with Gasteiger partial charge < -0.3 is 6.15 Å². The van der Waals surface area contributed by atoms with Crippen LogP contribution in [0.2, 0.25) is 0 Å². The number of hydrogen-bond donors (Lipinski definition) is 1. The normalized spacial score (nSPS) is 13.6. The first-order chi connectivity index (χ1) is 5.64. The molecule has 0 aliphatic heterocycles. The van der Waals surface area contributed by atoms with Crippen molar-refractivity contribution in [2.75, 3.05) is 0 Å². The number of alkyl halides is 1. The van der Waals surface area contributed by atoms with Gasteiger partial charge in [0.15, 0.2) is 0 Å². The third kappa shape index (κ3) is 4.46. The van der Waals surface area contributed by atoms with Gasteiger partial charge in [-0.1, -0.05) is 56.5 Å². The standard InChI is InChI=1S/C11H23Br.H3N/c1-5-9-10(6-2)11(12,7-3)8-4;/h10H,5-9H2,1-4H3;1H3. The maximum Gasteiger partial charge on any atom is 0.0280 e. The van der Waals surface area contributed by atoms with Gasteiger partial charge in [0.1, 0.15) is 0 Å². The van der Waals surface area contributed by atoms with Crippen LogP contribution in [0.3, 0.4) is 0 Å². The van der Waals surface area contributed by atoms with Gasteiger partial charge in [0, 0.05) is 4.32 Å². The second-order valence-electron chi connectivity index (χ2n) is 3.64. The van der Waals surface area contributed by atoms with Gasteiger partial charge in [-0.05, 0) is 25.2 Å². The van der Waals surface area contributed by atoms with Gasteiger partial charge in [-0.2, -0.15) is 0 Å². The molecule has 2 heteroatoms. The first-order valence-corrected chi connectivity index (χ1v) is 6.12. The van der Waals surface area contributed by atoms with E-state index in [9.17, 15) is 0 Å². The molecule has 0 saturated carbocycles. The quantitative estimate of drug-likeness (QED) is 0.668. The highest BCUT2D eigenvalue weighted by Crippen LogP contribution is 2.39. The molecule has 0 aliphatic rings. The molecule has 0 heterocycles. The molecule has 0 fully saturated rings. The third-order valence-corrected chi connectivity index (χ3v) is 4.81. The first-order valence-electron chi connectivity index (χ1n) is 5.33. The van der Waals surface area contributed by atoms with Crippen molar-refractivity contribution in [2.45, 2.75) is 64.1 Å². The largest absolute Gasteiger partial charge is 0.344 e. The minimum atomic E-state index is 0. The molecule has 0 bridgehead atoms. The number of rotatable bonds is 6. The fourth-order valence-corrected chi connectivity index (χ4v) is 2.56. The predicted molar refractivity (Wildman–Crippen MR) is 66.0 cm³/mol. The first kappa shape index (κ1) is 15.9.